The Morgan fingerprint density at radius 3 is 2.49 bits per heavy atom. The van der Waals surface area contributed by atoms with Gasteiger partial charge in [-0.15, -0.1) is 0 Å². The molecule has 1 aliphatic carbocycles. The number of rotatable bonds is 6. The van der Waals surface area contributed by atoms with Crippen LogP contribution in [0.4, 0.5) is 13.2 Å². The minimum Gasteiger partial charge on any atom is -0.415 e. The van der Waals surface area contributed by atoms with Crippen molar-refractivity contribution in [1.29, 1.82) is 0 Å². The first-order valence-electron chi connectivity index (χ1n) is 12.3. The number of hydrogen-bond donors (Lipinski definition) is 0. The highest BCUT2D eigenvalue weighted by molar-refractivity contribution is 5.76. The summed E-state index contributed by atoms with van der Waals surface area (Å²) < 4.78 is 46.5. The molecule has 37 heavy (non-hydrogen) atoms. The molecule has 0 bridgehead atoms. The molecule has 1 saturated carbocycles. The molecule has 9 heteroatoms. The van der Waals surface area contributed by atoms with E-state index >= 15 is 0 Å². The largest absolute Gasteiger partial charge is 0.415 e. The van der Waals surface area contributed by atoms with Gasteiger partial charge in [0.2, 0.25) is 5.88 Å². The Hall–Kier alpha value is -3.75. The molecule has 0 amide bonds. The van der Waals surface area contributed by atoms with E-state index < -0.39 is 6.61 Å². The molecule has 3 heterocycles. The average Bonchev–Trinajstić information content (AvgIpc) is 2.87. The highest BCUT2D eigenvalue weighted by atomic mass is 19.3. The number of nitrogens with zero attached hydrogens (tertiary/aromatic N) is 4. The van der Waals surface area contributed by atoms with Gasteiger partial charge in [-0.2, -0.15) is 8.78 Å². The molecule has 0 N–H and O–H groups in total. The maximum absolute atomic E-state index is 14.6. The van der Waals surface area contributed by atoms with Crippen molar-refractivity contribution in [3.05, 3.63) is 93.0 Å². The summed E-state index contributed by atoms with van der Waals surface area (Å²) >= 11 is 0. The lowest BCUT2D eigenvalue weighted by molar-refractivity contribution is -0.0538. The molecule has 192 valence electrons. The summed E-state index contributed by atoms with van der Waals surface area (Å²) in [7, 11) is 0. The van der Waals surface area contributed by atoms with Crippen molar-refractivity contribution in [2.75, 3.05) is 0 Å². The summed E-state index contributed by atoms with van der Waals surface area (Å²) in [5.41, 5.74) is 3.39. The summed E-state index contributed by atoms with van der Waals surface area (Å²) in [5.74, 6) is -0.398. The lowest BCUT2D eigenvalue weighted by Crippen LogP contribution is -2.29. The van der Waals surface area contributed by atoms with Gasteiger partial charge in [-0.3, -0.25) is 14.3 Å². The van der Waals surface area contributed by atoms with E-state index in [0.717, 1.165) is 47.9 Å². The summed E-state index contributed by atoms with van der Waals surface area (Å²) in [6.07, 6.45) is 5.65. The minimum atomic E-state index is -3.07. The second-order valence-electron chi connectivity index (χ2n) is 9.56. The van der Waals surface area contributed by atoms with Crippen LogP contribution in [-0.4, -0.2) is 26.1 Å². The molecule has 3 aromatic heterocycles. The third-order valence-corrected chi connectivity index (χ3v) is 7.19. The first-order valence-corrected chi connectivity index (χ1v) is 12.3. The molecule has 1 fully saturated rings. The van der Waals surface area contributed by atoms with Crippen LogP contribution in [0.15, 0.2) is 53.6 Å². The number of ether oxygens (including phenoxy) is 1. The molecule has 1 aromatic carbocycles. The van der Waals surface area contributed by atoms with E-state index in [4.69, 9.17) is 0 Å². The summed E-state index contributed by atoms with van der Waals surface area (Å²) in [5, 5.41) is 0.771. The number of halogens is 3. The SMILES string of the molecule is Cc1ccc2cc([C@H]3CC[C@H](c4c(C)cccc4F)CC3)c(=O)n(Cc3nccnc3OC(F)F)c2n1. The smallest absolute Gasteiger partial charge is 0.388 e. The Kier molecular flexibility index (Phi) is 6.95. The van der Waals surface area contributed by atoms with E-state index in [-0.39, 0.29) is 41.3 Å². The molecule has 1 aliphatic rings. The number of hydrogen-bond acceptors (Lipinski definition) is 5. The Bertz CT molecular complexity index is 1480. The number of fused-ring (bicyclic) bond motifs is 1. The lowest BCUT2D eigenvalue weighted by Gasteiger charge is -2.30. The van der Waals surface area contributed by atoms with Gasteiger partial charge in [0.25, 0.3) is 5.56 Å². The number of benzene rings is 1. The predicted molar refractivity (Wildman–Crippen MR) is 134 cm³/mol. The van der Waals surface area contributed by atoms with Gasteiger partial charge in [0, 0.05) is 29.0 Å². The van der Waals surface area contributed by atoms with E-state index in [0.29, 0.717) is 11.2 Å². The van der Waals surface area contributed by atoms with Gasteiger partial charge in [-0.1, -0.05) is 12.1 Å². The Balaban J connectivity index is 1.51. The standard InChI is InChI=1S/C28H27F3N4O2/c1-16-4-3-5-22(29)24(16)19-10-8-18(9-11-19)21-14-20-7-6-17(2)34-25(20)35(27(21)36)15-23-26(37-28(30)31)33-13-12-32-23/h3-7,12-14,18-19,28H,8-11,15H2,1-2H3/t18-,19-. The van der Waals surface area contributed by atoms with Gasteiger partial charge in [0.1, 0.15) is 17.2 Å². The summed E-state index contributed by atoms with van der Waals surface area (Å²) in [6.45, 7) is 0.574. The second kappa shape index (κ2) is 10.3. The zero-order valence-corrected chi connectivity index (χ0v) is 20.6. The summed E-state index contributed by atoms with van der Waals surface area (Å²) in [6, 6.07) is 10.8. The van der Waals surface area contributed by atoms with Crippen LogP contribution in [0.1, 0.15) is 65.6 Å². The molecule has 5 rings (SSSR count). The fourth-order valence-electron chi connectivity index (χ4n) is 5.45. The number of pyridine rings is 2. The van der Waals surface area contributed by atoms with Crippen LogP contribution < -0.4 is 10.3 Å². The van der Waals surface area contributed by atoms with Crippen molar-refractivity contribution >= 4 is 11.0 Å². The molecule has 0 aliphatic heterocycles. The number of aromatic nitrogens is 4. The van der Waals surface area contributed by atoms with E-state index in [2.05, 4.69) is 19.7 Å². The Labute approximate surface area is 212 Å². The molecule has 0 atom stereocenters. The molecule has 0 unspecified atom stereocenters. The number of aryl methyl sites for hydroxylation is 2. The van der Waals surface area contributed by atoms with E-state index in [1.807, 2.05) is 38.1 Å². The molecule has 0 spiro atoms. The second-order valence-corrected chi connectivity index (χ2v) is 9.56. The molecule has 0 radical (unpaired) electrons. The monoisotopic (exact) mass is 508 g/mol. The quantitative estimate of drug-likeness (QED) is 0.318. The van der Waals surface area contributed by atoms with E-state index in [9.17, 15) is 18.0 Å². The van der Waals surface area contributed by atoms with Crippen LogP contribution >= 0.6 is 0 Å². The minimum absolute atomic E-state index is 0.00794. The van der Waals surface area contributed by atoms with E-state index in [1.54, 1.807) is 6.07 Å². The zero-order valence-electron chi connectivity index (χ0n) is 20.6. The third kappa shape index (κ3) is 5.08. The van der Waals surface area contributed by atoms with Crippen molar-refractivity contribution in [1.82, 2.24) is 19.5 Å². The third-order valence-electron chi connectivity index (χ3n) is 7.19. The van der Waals surface area contributed by atoms with Gasteiger partial charge >= 0.3 is 6.61 Å². The van der Waals surface area contributed by atoms with Crippen molar-refractivity contribution < 1.29 is 17.9 Å². The fraction of sp³-hybridized carbons (Fsp3) is 0.357. The van der Waals surface area contributed by atoms with Crippen LogP contribution in [0.3, 0.4) is 0 Å². The van der Waals surface area contributed by atoms with Crippen LogP contribution in [-0.2, 0) is 6.54 Å². The fourth-order valence-corrected chi connectivity index (χ4v) is 5.45. The molecule has 0 saturated heterocycles. The highest BCUT2D eigenvalue weighted by Crippen LogP contribution is 2.41. The van der Waals surface area contributed by atoms with Crippen molar-refractivity contribution in [3.8, 4) is 5.88 Å². The predicted octanol–water partition coefficient (Wildman–Crippen LogP) is 6.03. The molecular formula is C28H27F3N4O2. The molecule has 6 nitrogen and oxygen atoms in total. The van der Waals surface area contributed by atoms with Crippen LogP contribution in [0.25, 0.3) is 11.0 Å². The van der Waals surface area contributed by atoms with Crippen molar-refractivity contribution in [2.45, 2.75) is 64.5 Å². The van der Waals surface area contributed by atoms with E-state index in [1.165, 1.54) is 23.0 Å². The number of alkyl halides is 2. The first kappa shape index (κ1) is 24.9. The maximum Gasteiger partial charge on any atom is 0.388 e. The van der Waals surface area contributed by atoms with Gasteiger partial charge in [-0.25, -0.2) is 14.4 Å². The summed E-state index contributed by atoms with van der Waals surface area (Å²) in [4.78, 5) is 26.4. The van der Waals surface area contributed by atoms with Crippen molar-refractivity contribution in [2.24, 2.45) is 0 Å². The first-order chi connectivity index (χ1) is 17.8. The Morgan fingerprint density at radius 1 is 1.03 bits per heavy atom. The van der Waals surface area contributed by atoms with Crippen molar-refractivity contribution in [3.63, 3.8) is 0 Å². The average molecular weight is 509 g/mol. The topological polar surface area (TPSA) is 69.9 Å². The normalized spacial score (nSPS) is 17.9. The van der Waals surface area contributed by atoms with Gasteiger partial charge < -0.3 is 4.74 Å². The zero-order chi connectivity index (χ0) is 26.1. The van der Waals surface area contributed by atoms with Crippen LogP contribution in [0.2, 0.25) is 0 Å². The molecule has 4 aromatic rings. The van der Waals surface area contributed by atoms with Gasteiger partial charge in [0.05, 0.1) is 6.54 Å². The van der Waals surface area contributed by atoms with Crippen LogP contribution in [0.5, 0.6) is 5.88 Å². The van der Waals surface area contributed by atoms with Gasteiger partial charge in [-0.05, 0) is 86.8 Å². The highest BCUT2D eigenvalue weighted by Gasteiger charge is 2.29. The lowest BCUT2D eigenvalue weighted by atomic mass is 9.75. The van der Waals surface area contributed by atoms with Crippen LogP contribution in [0, 0.1) is 19.7 Å². The Morgan fingerprint density at radius 2 is 1.76 bits per heavy atom. The maximum atomic E-state index is 14.6. The molecular weight excluding hydrogens is 481 g/mol. The van der Waals surface area contributed by atoms with Gasteiger partial charge in [0.15, 0.2) is 0 Å².